The van der Waals surface area contributed by atoms with E-state index in [4.69, 9.17) is 9.47 Å². The van der Waals surface area contributed by atoms with Gasteiger partial charge in [0.05, 0.1) is 32.6 Å². The van der Waals surface area contributed by atoms with Gasteiger partial charge in [0, 0.05) is 26.3 Å². The van der Waals surface area contributed by atoms with Crippen LogP contribution in [0.5, 0.6) is 0 Å². The molecule has 2 aliphatic heterocycles. The highest BCUT2D eigenvalue weighted by molar-refractivity contribution is 5.86. The van der Waals surface area contributed by atoms with Crippen LogP contribution in [0.15, 0.2) is 30.5 Å². The number of hydrogen-bond acceptors (Lipinski definition) is 8. The van der Waals surface area contributed by atoms with Gasteiger partial charge in [-0.15, -0.1) is 5.10 Å². The maximum atomic E-state index is 11.6. The molecule has 2 saturated heterocycles. The van der Waals surface area contributed by atoms with E-state index < -0.39 is 5.97 Å². The predicted octanol–water partition coefficient (Wildman–Crippen LogP) is 0.628. The molecule has 0 bridgehead atoms. The number of benzene rings is 1. The number of hydrogen-bond donors (Lipinski definition) is 1. The van der Waals surface area contributed by atoms with Crippen LogP contribution in [-0.2, 0) is 20.8 Å². The van der Waals surface area contributed by atoms with Gasteiger partial charge in [-0.1, -0.05) is 17.3 Å². The van der Waals surface area contributed by atoms with Gasteiger partial charge in [0.15, 0.2) is 5.69 Å². The summed E-state index contributed by atoms with van der Waals surface area (Å²) in [6.45, 7) is 1.78. The minimum Gasteiger partial charge on any atom is -0.464 e. The molecule has 150 valence electrons. The molecule has 9 nitrogen and oxygen atoms in total. The maximum Gasteiger partial charge on any atom is 0.360 e. The van der Waals surface area contributed by atoms with E-state index >= 15 is 0 Å². The predicted molar refractivity (Wildman–Crippen MR) is 101 cm³/mol. The highest BCUT2D eigenvalue weighted by Gasteiger charge is 2.48. The Labute approximate surface area is 163 Å². The van der Waals surface area contributed by atoms with Crippen molar-refractivity contribution >= 4 is 11.7 Å². The van der Waals surface area contributed by atoms with Crippen LogP contribution in [-0.4, -0.2) is 73.6 Å². The van der Waals surface area contributed by atoms with Crippen LogP contribution in [0.3, 0.4) is 0 Å². The zero-order chi connectivity index (χ0) is 19.7. The van der Waals surface area contributed by atoms with Crippen molar-refractivity contribution in [3.8, 4) is 0 Å². The standard InChI is InChI=1S/C19H25N5O4/c1-23(2)13-6-4-12(5-7-13)8-20-15-10-27-18-16(11-28-17(15)18)24-9-14(21-22-24)19(25)26-3/h4-7,9,15-18,20H,8,10-11H2,1-3H3/t15-,16-,17+,18+/m0/s1. The number of esters is 1. The quantitative estimate of drug-likeness (QED) is 0.722. The summed E-state index contributed by atoms with van der Waals surface area (Å²) >= 11 is 0. The number of nitrogens with one attached hydrogen (secondary N) is 1. The first-order valence-corrected chi connectivity index (χ1v) is 9.30. The lowest BCUT2D eigenvalue weighted by Gasteiger charge is -2.18. The molecule has 2 aliphatic rings. The number of carbonyl (C=O) groups excluding carboxylic acids is 1. The van der Waals surface area contributed by atoms with E-state index in [1.165, 1.54) is 18.4 Å². The fraction of sp³-hybridized carbons (Fsp3) is 0.526. The number of methoxy groups -OCH3 is 1. The van der Waals surface area contributed by atoms with Crippen LogP contribution >= 0.6 is 0 Å². The number of rotatable bonds is 6. The van der Waals surface area contributed by atoms with Gasteiger partial charge in [0.25, 0.3) is 0 Å². The first-order chi connectivity index (χ1) is 13.6. The molecular formula is C19H25N5O4. The summed E-state index contributed by atoms with van der Waals surface area (Å²) < 4.78 is 18.3. The van der Waals surface area contributed by atoms with Gasteiger partial charge in [0.2, 0.25) is 0 Å². The van der Waals surface area contributed by atoms with E-state index in [0.29, 0.717) is 13.2 Å². The van der Waals surface area contributed by atoms with Crippen molar-refractivity contribution < 1.29 is 19.0 Å². The minimum absolute atomic E-state index is 0.0585. The van der Waals surface area contributed by atoms with Crippen LogP contribution in [0.1, 0.15) is 22.1 Å². The molecule has 28 heavy (non-hydrogen) atoms. The van der Waals surface area contributed by atoms with Crippen LogP contribution in [0.25, 0.3) is 0 Å². The second-order valence-corrected chi connectivity index (χ2v) is 7.29. The lowest BCUT2D eigenvalue weighted by molar-refractivity contribution is 0.0592. The molecule has 0 spiro atoms. The zero-order valence-electron chi connectivity index (χ0n) is 16.2. The van der Waals surface area contributed by atoms with Crippen molar-refractivity contribution in [2.24, 2.45) is 0 Å². The van der Waals surface area contributed by atoms with E-state index in [1.807, 2.05) is 14.1 Å². The Hall–Kier alpha value is -2.49. The largest absolute Gasteiger partial charge is 0.464 e. The highest BCUT2D eigenvalue weighted by atomic mass is 16.6. The SMILES string of the molecule is COC(=O)c1cn([C@H]2CO[C@H]3[C@@H]2OC[C@@H]3NCc2ccc(N(C)C)cc2)nn1. The third-order valence-corrected chi connectivity index (χ3v) is 5.29. The van der Waals surface area contributed by atoms with Gasteiger partial charge in [-0.3, -0.25) is 0 Å². The molecule has 0 amide bonds. The third kappa shape index (κ3) is 3.60. The normalized spacial score (nSPS) is 26.2. The van der Waals surface area contributed by atoms with Gasteiger partial charge in [-0.05, 0) is 17.7 Å². The Morgan fingerprint density at radius 3 is 2.71 bits per heavy atom. The molecule has 1 N–H and O–H groups in total. The smallest absolute Gasteiger partial charge is 0.360 e. The van der Waals surface area contributed by atoms with Crippen LogP contribution in [0.2, 0.25) is 0 Å². The van der Waals surface area contributed by atoms with Gasteiger partial charge in [-0.25, -0.2) is 9.48 Å². The monoisotopic (exact) mass is 387 g/mol. The van der Waals surface area contributed by atoms with Crippen LogP contribution in [0.4, 0.5) is 5.69 Å². The zero-order valence-corrected chi connectivity index (χ0v) is 16.2. The summed E-state index contributed by atoms with van der Waals surface area (Å²) in [7, 11) is 5.38. The number of carbonyl (C=O) groups is 1. The van der Waals surface area contributed by atoms with Crippen molar-refractivity contribution in [3.63, 3.8) is 0 Å². The molecule has 0 radical (unpaired) electrons. The van der Waals surface area contributed by atoms with Crippen molar-refractivity contribution in [3.05, 3.63) is 41.7 Å². The summed E-state index contributed by atoms with van der Waals surface area (Å²) in [4.78, 5) is 13.7. The van der Waals surface area contributed by atoms with E-state index in [2.05, 4.69) is 49.5 Å². The fourth-order valence-electron chi connectivity index (χ4n) is 3.68. The summed E-state index contributed by atoms with van der Waals surface area (Å²) in [5.74, 6) is -0.506. The topological polar surface area (TPSA) is 90.7 Å². The molecule has 0 unspecified atom stereocenters. The fourth-order valence-corrected chi connectivity index (χ4v) is 3.68. The van der Waals surface area contributed by atoms with E-state index in [9.17, 15) is 4.79 Å². The highest BCUT2D eigenvalue weighted by Crippen LogP contribution is 2.34. The maximum absolute atomic E-state index is 11.6. The number of aromatic nitrogens is 3. The molecule has 4 rings (SSSR count). The van der Waals surface area contributed by atoms with Crippen molar-refractivity contribution in [1.82, 2.24) is 20.3 Å². The molecule has 9 heteroatoms. The van der Waals surface area contributed by atoms with Gasteiger partial charge in [-0.2, -0.15) is 0 Å². The van der Waals surface area contributed by atoms with Crippen molar-refractivity contribution in [2.75, 3.05) is 39.3 Å². The molecule has 3 heterocycles. The summed E-state index contributed by atoms with van der Waals surface area (Å²) in [6.07, 6.45) is 1.40. The van der Waals surface area contributed by atoms with E-state index in [1.54, 1.807) is 10.9 Å². The first kappa shape index (κ1) is 18.9. The molecule has 0 saturated carbocycles. The van der Waals surface area contributed by atoms with Gasteiger partial charge < -0.3 is 24.4 Å². The summed E-state index contributed by atoms with van der Waals surface area (Å²) in [5.41, 5.74) is 2.57. The molecule has 1 aromatic heterocycles. The lowest BCUT2D eigenvalue weighted by atomic mass is 10.1. The molecule has 1 aromatic carbocycles. The van der Waals surface area contributed by atoms with Crippen LogP contribution in [0, 0.1) is 0 Å². The number of fused-ring (bicyclic) bond motifs is 1. The first-order valence-electron chi connectivity index (χ1n) is 9.30. The number of anilines is 1. The van der Waals surface area contributed by atoms with Gasteiger partial charge in [0.1, 0.15) is 18.2 Å². The second kappa shape index (κ2) is 7.86. The Morgan fingerprint density at radius 1 is 1.25 bits per heavy atom. The molecular weight excluding hydrogens is 362 g/mol. The minimum atomic E-state index is -0.506. The lowest BCUT2D eigenvalue weighted by Crippen LogP contribution is -2.40. The third-order valence-electron chi connectivity index (χ3n) is 5.29. The van der Waals surface area contributed by atoms with E-state index in [0.717, 1.165) is 6.54 Å². The average Bonchev–Trinajstić information content (AvgIpc) is 3.42. The summed E-state index contributed by atoms with van der Waals surface area (Å²) in [5, 5.41) is 11.5. The van der Waals surface area contributed by atoms with Crippen molar-refractivity contribution in [1.29, 1.82) is 0 Å². The molecule has 0 aliphatic carbocycles. The Balaban J connectivity index is 1.36. The molecule has 2 fully saturated rings. The Morgan fingerprint density at radius 2 is 2.00 bits per heavy atom. The number of nitrogens with zero attached hydrogens (tertiary/aromatic N) is 4. The number of ether oxygens (including phenoxy) is 3. The Bertz CT molecular complexity index is 822. The van der Waals surface area contributed by atoms with Gasteiger partial charge >= 0.3 is 5.97 Å². The second-order valence-electron chi connectivity index (χ2n) is 7.29. The van der Waals surface area contributed by atoms with E-state index in [-0.39, 0.29) is 30.0 Å². The average molecular weight is 387 g/mol. The Kier molecular flexibility index (Phi) is 5.29. The molecule has 4 atom stereocenters. The summed E-state index contributed by atoms with van der Waals surface area (Å²) in [6, 6.07) is 8.46. The molecule has 2 aromatic rings. The van der Waals surface area contributed by atoms with Crippen LogP contribution < -0.4 is 10.2 Å². The van der Waals surface area contributed by atoms with Crippen molar-refractivity contribution in [2.45, 2.75) is 30.8 Å².